The van der Waals surface area contributed by atoms with Crippen molar-refractivity contribution < 1.29 is 5.11 Å². The van der Waals surface area contributed by atoms with Gasteiger partial charge in [0, 0.05) is 24.2 Å². The van der Waals surface area contributed by atoms with Crippen molar-refractivity contribution in [1.29, 1.82) is 0 Å². The van der Waals surface area contributed by atoms with Gasteiger partial charge in [-0.15, -0.1) is 0 Å². The fraction of sp³-hybridized carbons (Fsp3) is 0.824. The number of nitrogens with zero attached hydrogens (tertiary/aromatic N) is 2. The molecule has 1 N–H and O–H groups in total. The zero-order valence-corrected chi connectivity index (χ0v) is 13.8. The molecule has 0 bridgehead atoms. The highest BCUT2D eigenvalue weighted by atomic mass is 16.3. The summed E-state index contributed by atoms with van der Waals surface area (Å²) in [6.45, 7) is 11.1. The normalized spacial score (nSPS) is 29.4. The van der Waals surface area contributed by atoms with Crippen LogP contribution < -0.4 is 0 Å². The Morgan fingerprint density at radius 3 is 2.25 bits per heavy atom. The second-order valence-electron chi connectivity index (χ2n) is 7.98. The number of hydrogen-bond donors (Lipinski definition) is 1. The van der Waals surface area contributed by atoms with Gasteiger partial charge in [0.2, 0.25) is 0 Å². The lowest BCUT2D eigenvalue weighted by atomic mass is 9.72. The molecule has 0 saturated heterocycles. The third-order valence-corrected chi connectivity index (χ3v) is 4.55. The van der Waals surface area contributed by atoms with E-state index in [2.05, 4.69) is 39.7 Å². The Morgan fingerprint density at radius 2 is 1.75 bits per heavy atom. The van der Waals surface area contributed by atoms with Crippen LogP contribution in [0.5, 0.6) is 0 Å². The molecule has 0 spiro atoms. The van der Waals surface area contributed by atoms with Crippen molar-refractivity contribution >= 4 is 0 Å². The molecule has 3 atom stereocenters. The fourth-order valence-corrected chi connectivity index (χ4v) is 3.83. The molecule has 1 saturated carbocycles. The number of aryl methyl sites for hydroxylation is 1. The summed E-state index contributed by atoms with van der Waals surface area (Å²) in [4.78, 5) is 0. The number of hydrogen-bond acceptors (Lipinski definition) is 2. The SMILES string of the molecule is CC1CC(C)CC(C(O)c2cn(C)nc2C(C)(C)C)C1. The van der Waals surface area contributed by atoms with Crippen LogP contribution in [0.4, 0.5) is 0 Å². The van der Waals surface area contributed by atoms with E-state index in [1.807, 2.05) is 17.9 Å². The van der Waals surface area contributed by atoms with Crippen molar-refractivity contribution in [3.05, 3.63) is 17.5 Å². The van der Waals surface area contributed by atoms with E-state index in [9.17, 15) is 5.11 Å². The zero-order valence-electron chi connectivity index (χ0n) is 13.8. The van der Waals surface area contributed by atoms with Crippen LogP contribution in [0.25, 0.3) is 0 Å². The molecule has 20 heavy (non-hydrogen) atoms. The highest BCUT2D eigenvalue weighted by Gasteiger charge is 2.34. The van der Waals surface area contributed by atoms with Crippen LogP contribution in [-0.4, -0.2) is 14.9 Å². The van der Waals surface area contributed by atoms with Gasteiger partial charge < -0.3 is 5.11 Å². The van der Waals surface area contributed by atoms with E-state index in [-0.39, 0.29) is 11.5 Å². The van der Waals surface area contributed by atoms with Crippen LogP contribution in [0.1, 0.15) is 71.2 Å². The third-order valence-electron chi connectivity index (χ3n) is 4.55. The molecule has 1 aliphatic rings. The lowest BCUT2D eigenvalue weighted by Gasteiger charge is -2.35. The summed E-state index contributed by atoms with van der Waals surface area (Å²) in [7, 11) is 1.94. The molecule has 1 fully saturated rings. The van der Waals surface area contributed by atoms with E-state index in [1.165, 1.54) is 6.42 Å². The Balaban J connectivity index is 2.27. The molecular formula is C17H30N2O. The van der Waals surface area contributed by atoms with E-state index in [1.54, 1.807) is 0 Å². The fourth-order valence-electron chi connectivity index (χ4n) is 3.83. The first kappa shape index (κ1) is 15.6. The Hall–Kier alpha value is -0.830. The van der Waals surface area contributed by atoms with Gasteiger partial charge in [0.25, 0.3) is 0 Å². The van der Waals surface area contributed by atoms with E-state index >= 15 is 0 Å². The summed E-state index contributed by atoms with van der Waals surface area (Å²) in [5.41, 5.74) is 2.05. The van der Waals surface area contributed by atoms with Crippen LogP contribution in [0.2, 0.25) is 0 Å². The number of aromatic nitrogens is 2. The maximum absolute atomic E-state index is 10.9. The minimum absolute atomic E-state index is 0.0243. The lowest BCUT2D eigenvalue weighted by molar-refractivity contribution is 0.0539. The largest absolute Gasteiger partial charge is 0.388 e. The molecule has 114 valence electrons. The number of aliphatic hydroxyl groups is 1. The van der Waals surface area contributed by atoms with Gasteiger partial charge in [-0.25, -0.2) is 0 Å². The van der Waals surface area contributed by atoms with Crippen molar-refractivity contribution in [1.82, 2.24) is 9.78 Å². The quantitative estimate of drug-likeness (QED) is 0.893. The molecule has 0 amide bonds. The first-order valence-electron chi connectivity index (χ1n) is 7.90. The van der Waals surface area contributed by atoms with Gasteiger partial charge in [0.1, 0.15) is 0 Å². The molecule has 1 aromatic heterocycles. The Labute approximate surface area is 123 Å². The summed E-state index contributed by atoms with van der Waals surface area (Å²) >= 11 is 0. The molecule has 3 heteroatoms. The molecule has 3 unspecified atom stereocenters. The average molecular weight is 278 g/mol. The van der Waals surface area contributed by atoms with Crippen molar-refractivity contribution in [3.8, 4) is 0 Å². The van der Waals surface area contributed by atoms with Gasteiger partial charge in [-0.1, -0.05) is 34.6 Å². The van der Waals surface area contributed by atoms with Gasteiger partial charge in [-0.3, -0.25) is 4.68 Å². The van der Waals surface area contributed by atoms with Crippen molar-refractivity contribution in [2.45, 2.75) is 65.4 Å². The molecular weight excluding hydrogens is 248 g/mol. The minimum atomic E-state index is -0.372. The maximum Gasteiger partial charge on any atom is 0.0851 e. The summed E-state index contributed by atoms with van der Waals surface area (Å²) in [5, 5.41) is 15.5. The van der Waals surface area contributed by atoms with Gasteiger partial charge in [0.15, 0.2) is 0 Å². The average Bonchev–Trinajstić information content (AvgIpc) is 2.69. The molecule has 1 aromatic rings. The molecule has 3 nitrogen and oxygen atoms in total. The highest BCUT2D eigenvalue weighted by Crippen LogP contribution is 2.41. The van der Waals surface area contributed by atoms with E-state index in [4.69, 9.17) is 0 Å². The molecule has 0 radical (unpaired) electrons. The topological polar surface area (TPSA) is 38.0 Å². The summed E-state index contributed by atoms with van der Waals surface area (Å²) in [6.07, 6.45) is 5.19. The Kier molecular flexibility index (Phi) is 4.29. The third kappa shape index (κ3) is 3.25. The van der Waals surface area contributed by atoms with Gasteiger partial charge in [-0.2, -0.15) is 5.10 Å². The second kappa shape index (κ2) is 5.51. The lowest BCUT2D eigenvalue weighted by Crippen LogP contribution is -2.26. The number of rotatable bonds is 2. The standard InChI is InChI=1S/C17H30N2O/c1-11-7-12(2)9-13(8-11)15(20)14-10-19(6)18-16(14)17(3,4)5/h10-13,15,20H,7-9H2,1-6H3. The Bertz CT molecular complexity index is 448. The van der Waals surface area contributed by atoms with Crippen LogP contribution in [0.3, 0.4) is 0 Å². The molecule has 1 aliphatic carbocycles. The molecule has 2 rings (SSSR count). The summed E-state index contributed by atoms with van der Waals surface area (Å²) in [5.74, 6) is 1.81. The zero-order chi connectivity index (χ0) is 15.1. The van der Waals surface area contributed by atoms with E-state index < -0.39 is 0 Å². The van der Waals surface area contributed by atoms with E-state index in [0.717, 1.165) is 24.1 Å². The van der Waals surface area contributed by atoms with Crippen LogP contribution in [0.15, 0.2) is 6.20 Å². The van der Waals surface area contributed by atoms with Gasteiger partial charge in [-0.05, 0) is 37.0 Å². The predicted molar refractivity (Wildman–Crippen MR) is 82.5 cm³/mol. The number of aliphatic hydroxyl groups excluding tert-OH is 1. The van der Waals surface area contributed by atoms with Crippen LogP contribution in [-0.2, 0) is 12.5 Å². The Morgan fingerprint density at radius 1 is 1.20 bits per heavy atom. The molecule has 0 aromatic carbocycles. The maximum atomic E-state index is 10.9. The van der Waals surface area contributed by atoms with Crippen molar-refractivity contribution in [3.63, 3.8) is 0 Å². The minimum Gasteiger partial charge on any atom is -0.388 e. The monoisotopic (exact) mass is 278 g/mol. The van der Waals surface area contributed by atoms with Crippen molar-refractivity contribution in [2.75, 3.05) is 0 Å². The smallest absolute Gasteiger partial charge is 0.0851 e. The second-order valence-corrected chi connectivity index (χ2v) is 7.98. The first-order valence-corrected chi connectivity index (χ1v) is 7.90. The van der Waals surface area contributed by atoms with Gasteiger partial charge >= 0.3 is 0 Å². The van der Waals surface area contributed by atoms with Crippen LogP contribution in [0, 0.1) is 17.8 Å². The first-order chi connectivity index (χ1) is 9.18. The van der Waals surface area contributed by atoms with Gasteiger partial charge in [0.05, 0.1) is 11.8 Å². The summed E-state index contributed by atoms with van der Waals surface area (Å²) in [6, 6.07) is 0. The van der Waals surface area contributed by atoms with Crippen LogP contribution >= 0.6 is 0 Å². The molecule has 0 aliphatic heterocycles. The predicted octanol–water partition coefficient (Wildman–Crippen LogP) is 3.82. The van der Waals surface area contributed by atoms with E-state index in [0.29, 0.717) is 17.8 Å². The summed E-state index contributed by atoms with van der Waals surface area (Å²) < 4.78 is 1.84. The highest BCUT2D eigenvalue weighted by molar-refractivity contribution is 5.27. The van der Waals surface area contributed by atoms with Crippen molar-refractivity contribution in [2.24, 2.45) is 24.8 Å². The molecule has 1 heterocycles.